The molecule has 94 valence electrons. The Hall–Kier alpha value is -1.55. The van der Waals surface area contributed by atoms with Crippen LogP contribution in [0.15, 0.2) is 24.3 Å². The zero-order valence-electron chi connectivity index (χ0n) is 10.1. The van der Waals surface area contributed by atoms with Gasteiger partial charge < -0.3 is 15.2 Å². The standard InChI is InChI=1S/C13H19NO3/c1-2-3-8-14-12-6-4-11(5-7-12)13(16)17-10-9-15/h4-7,14-15H,2-3,8-10H2,1H3. The van der Waals surface area contributed by atoms with Crippen molar-refractivity contribution in [3.8, 4) is 0 Å². The molecule has 0 spiro atoms. The zero-order valence-corrected chi connectivity index (χ0v) is 10.1. The Morgan fingerprint density at radius 2 is 2.06 bits per heavy atom. The molecule has 0 aromatic heterocycles. The predicted octanol–water partition coefficient (Wildman–Crippen LogP) is 2.05. The second-order valence-corrected chi connectivity index (χ2v) is 3.72. The van der Waals surface area contributed by atoms with Gasteiger partial charge in [-0.05, 0) is 30.7 Å². The number of carbonyl (C=O) groups excluding carboxylic acids is 1. The summed E-state index contributed by atoms with van der Waals surface area (Å²) in [6.07, 6.45) is 2.28. The van der Waals surface area contributed by atoms with Gasteiger partial charge in [0.1, 0.15) is 6.61 Å². The third-order valence-electron chi connectivity index (χ3n) is 2.30. The van der Waals surface area contributed by atoms with Crippen molar-refractivity contribution >= 4 is 11.7 Å². The zero-order chi connectivity index (χ0) is 12.5. The van der Waals surface area contributed by atoms with Gasteiger partial charge in [0.25, 0.3) is 0 Å². The number of hydrogen-bond donors (Lipinski definition) is 2. The number of hydrogen-bond acceptors (Lipinski definition) is 4. The van der Waals surface area contributed by atoms with E-state index in [0.717, 1.165) is 25.1 Å². The minimum Gasteiger partial charge on any atom is -0.460 e. The van der Waals surface area contributed by atoms with Crippen LogP contribution in [0.1, 0.15) is 30.1 Å². The van der Waals surface area contributed by atoms with E-state index in [0.29, 0.717) is 5.56 Å². The van der Waals surface area contributed by atoms with Gasteiger partial charge in [-0.3, -0.25) is 0 Å². The van der Waals surface area contributed by atoms with Gasteiger partial charge in [0.15, 0.2) is 0 Å². The summed E-state index contributed by atoms with van der Waals surface area (Å²) < 4.78 is 4.81. The van der Waals surface area contributed by atoms with Crippen molar-refractivity contribution in [1.29, 1.82) is 0 Å². The van der Waals surface area contributed by atoms with Crippen LogP contribution in [0.2, 0.25) is 0 Å². The van der Waals surface area contributed by atoms with E-state index in [2.05, 4.69) is 12.2 Å². The first kappa shape index (κ1) is 13.5. The Labute approximate surface area is 102 Å². The van der Waals surface area contributed by atoms with E-state index < -0.39 is 5.97 Å². The normalized spacial score (nSPS) is 10.0. The Kier molecular flexibility index (Phi) is 6.10. The SMILES string of the molecule is CCCCNc1ccc(C(=O)OCCO)cc1. The van der Waals surface area contributed by atoms with E-state index in [1.165, 1.54) is 0 Å². The van der Waals surface area contributed by atoms with Crippen LogP contribution in [0, 0.1) is 0 Å². The second-order valence-electron chi connectivity index (χ2n) is 3.72. The number of anilines is 1. The molecule has 0 saturated heterocycles. The maximum absolute atomic E-state index is 11.4. The molecule has 0 radical (unpaired) electrons. The summed E-state index contributed by atoms with van der Waals surface area (Å²) >= 11 is 0. The molecule has 0 unspecified atom stereocenters. The molecule has 0 aliphatic carbocycles. The van der Waals surface area contributed by atoms with E-state index in [4.69, 9.17) is 9.84 Å². The molecule has 17 heavy (non-hydrogen) atoms. The molecule has 0 aliphatic rings. The fraction of sp³-hybridized carbons (Fsp3) is 0.462. The van der Waals surface area contributed by atoms with Crippen molar-refractivity contribution in [3.63, 3.8) is 0 Å². The third kappa shape index (κ3) is 4.87. The first-order valence-corrected chi connectivity index (χ1v) is 5.90. The van der Waals surface area contributed by atoms with Crippen LogP contribution in [0.5, 0.6) is 0 Å². The summed E-state index contributed by atoms with van der Waals surface area (Å²) in [4.78, 5) is 11.4. The highest BCUT2D eigenvalue weighted by atomic mass is 16.5. The minimum atomic E-state index is -0.404. The molecule has 0 aliphatic heterocycles. The smallest absolute Gasteiger partial charge is 0.338 e. The van der Waals surface area contributed by atoms with Gasteiger partial charge in [-0.2, -0.15) is 0 Å². The van der Waals surface area contributed by atoms with E-state index >= 15 is 0 Å². The fourth-order valence-corrected chi connectivity index (χ4v) is 1.36. The Bertz CT molecular complexity index is 335. The molecule has 0 saturated carbocycles. The number of carbonyl (C=O) groups is 1. The molecule has 0 heterocycles. The van der Waals surface area contributed by atoms with Gasteiger partial charge in [0.2, 0.25) is 0 Å². The quantitative estimate of drug-likeness (QED) is 0.563. The number of benzene rings is 1. The van der Waals surface area contributed by atoms with Crippen LogP contribution < -0.4 is 5.32 Å². The highest BCUT2D eigenvalue weighted by molar-refractivity contribution is 5.89. The van der Waals surface area contributed by atoms with E-state index in [1.807, 2.05) is 12.1 Å². The third-order valence-corrected chi connectivity index (χ3v) is 2.30. The van der Waals surface area contributed by atoms with Crippen molar-refractivity contribution < 1.29 is 14.6 Å². The average Bonchev–Trinajstić information content (AvgIpc) is 2.37. The van der Waals surface area contributed by atoms with Gasteiger partial charge in [0, 0.05) is 12.2 Å². The maximum atomic E-state index is 11.4. The maximum Gasteiger partial charge on any atom is 0.338 e. The largest absolute Gasteiger partial charge is 0.460 e. The molecular formula is C13H19NO3. The van der Waals surface area contributed by atoms with Gasteiger partial charge in [0.05, 0.1) is 12.2 Å². The van der Waals surface area contributed by atoms with E-state index in [-0.39, 0.29) is 13.2 Å². The fourth-order valence-electron chi connectivity index (χ4n) is 1.36. The van der Waals surface area contributed by atoms with Crippen LogP contribution in [-0.2, 0) is 4.74 Å². The first-order chi connectivity index (χ1) is 8.27. The van der Waals surface area contributed by atoms with Gasteiger partial charge in [-0.1, -0.05) is 13.3 Å². The van der Waals surface area contributed by atoms with Crippen molar-refractivity contribution in [1.82, 2.24) is 0 Å². The molecule has 0 bridgehead atoms. The number of esters is 1. The van der Waals surface area contributed by atoms with Crippen molar-refractivity contribution in [2.24, 2.45) is 0 Å². The van der Waals surface area contributed by atoms with Crippen LogP contribution in [0.3, 0.4) is 0 Å². The monoisotopic (exact) mass is 237 g/mol. The van der Waals surface area contributed by atoms with Gasteiger partial charge in [-0.25, -0.2) is 4.79 Å². The molecule has 0 amide bonds. The highest BCUT2D eigenvalue weighted by Crippen LogP contribution is 2.10. The molecule has 4 heteroatoms. The van der Waals surface area contributed by atoms with Crippen molar-refractivity contribution in [2.45, 2.75) is 19.8 Å². The van der Waals surface area contributed by atoms with E-state index in [1.54, 1.807) is 12.1 Å². The molecule has 0 fully saturated rings. The lowest BCUT2D eigenvalue weighted by Crippen LogP contribution is -2.09. The van der Waals surface area contributed by atoms with E-state index in [9.17, 15) is 4.79 Å². The molecular weight excluding hydrogens is 218 g/mol. The summed E-state index contributed by atoms with van der Waals surface area (Å²) in [6.45, 7) is 2.96. The van der Waals surface area contributed by atoms with Crippen LogP contribution in [0.4, 0.5) is 5.69 Å². The Balaban J connectivity index is 2.46. The predicted molar refractivity (Wildman–Crippen MR) is 67.2 cm³/mol. The summed E-state index contributed by atoms with van der Waals surface area (Å²) in [6, 6.07) is 7.14. The lowest BCUT2D eigenvalue weighted by molar-refractivity contribution is 0.0434. The van der Waals surface area contributed by atoms with Crippen LogP contribution >= 0.6 is 0 Å². The first-order valence-electron chi connectivity index (χ1n) is 5.90. The van der Waals surface area contributed by atoms with Crippen LogP contribution in [-0.4, -0.2) is 30.8 Å². The number of nitrogens with one attached hydrogen (secondary N) is 1. The van der Waals surface area contributed by atoms with Gasteiger partial charge >= 0.3 is 5.97 Å². The summed E-state index contributed by atoms with van der Waals surface area (Å²) in [5.41, 5.74) is 1.50. The van der Waals surface area contributed by atoms with Crippen molar-refractivity contribution in [2.75, 3.05) is 25.1 Å². The van der Waals surface area contributed by atoms with Crippen molar-refractivity contribution in [3.05, 3.63) is 29.8 Å². The molecule has 1 rings (SSSR count). The Morgan fingerprint density at radius 3 is 2.65 bits per heavy atom. The van der Waals surface area contributed by atoms with Gasteiger partial charge in [-0.15, -0.1) is 0 Å². The second kappa shape index (κ2) is 7.68. The number of ether oxygens (including phenoxy) is 1. The Morgan fingerprint density at radius 1 is 1.35 bits per heavy atom. The number of rotatable bonds is 7. The summed E-state index contributed by atoms with van der Waals surface area (Å²) in [7, 11) is 0. The molecule has 0 atom stereocenters. The summed E-state index contributed by atoms with van der Waals surface area (Å²) in [5, 5.41) is 11.8. The lowest BCUT2D eigenvalue weighted by Gasteiger charge is -2.06. The van der Waals surface area contributed by atoms with Crippen LogP contribution in [0.25, 0.3) is 0 Å². The molecule has 4 nitrogen and oxygen atoms in total. The summed E-state index contributed by atoms with van der Waals surface area (Å²) in [5.74, 6) is -0.404. The highest BCUT2D eigenvalue weighted by Gasteiger charge is 2.05. The molecule has 1 aromatic carbocycles. The average molecular weight is 237 g/mol. The molecule has 2 N–H and O–H groups in total. The number of unbranched alkanes of at least 4 members (excludes halogenated alkanes) is 1. The number of aliphatic hydroxyl groups excluding tert-OH is 1. The lowest BCUT2D eigenvalue weighted by atomic mass is 10.2. The minimum absolute atomic E-state index is 0.0370. The molecule has 1 aromatic rings. The topological polar surface area (TPSA) is 58.6 Å². The number of aliphatic hydroxyl groups is 1.